The van der Waals surface area contributed by atoms with E-state index in [2.05, 4.69) is 50.6 Å². The van der Waals surface area contributed by atoms with Crippen LogP contribution in [0.15, 0.2) is 41.8 Å². The molecule has 0 aliphatic rings. The van der Waals surface area contributed by atoms with Crippen molar-refractivity contribution in [3.63, 3.8) is 0 Å². The molecule has 96 valence electrons. The molecule has 0 N–H and O–H groups in total. The number of halogens is 1. The summed E-state index contributed by atoms with van der Waals surface area (Å²) in [4.78, 5) is 9.43. The Kier molecular flexibility index (Phi) is 3.62. The Bertz CT molecular complexity index is 708. The molecular formula is C15H13BrN2S. The van der Waals surface area contributed by atoms with Crippen molar-refractivity contribution in [2.75, 3.05) is 0 Å². The molecule has 1 unspecified atom stereocenters. The molecule has 3 rings (SSSR count). The lowest BCUT2D eigenvalue weighted by molar-refractivity contribution is 0.882. The van der Waals surface area contributed by atoms with Gasteiger partial charge < -0.3 is 0 Å². The first-order valence-corrected chi connectivity index (χ1v) is 7.92. The quantitative estimate of drug-likeness (QED) is 0.651. The van der Waals surface area contributed by atoms with Gasteiger partial charge in [-0.3, -0.25) is 4.98 Å². The van der Waals surface area contributed by atoms with E-state index in [1.807, 2.05) is 19.1 Å². The molecule has 0 radical (unpaired) electrons. The lowest BCUT2D eigenvalue weighted by atomic mass is 10.1. The highest BCUT2D eigenvalue weighted by atomic mass is 79.9. The average Bonchev–Trinajstić information content (AvgIpc) is 2.85. The van der Waals surface area contributed by atoms with E-state index in [1.54, 1.807) is 11.3 Å². The summed E-state index contributed by atoms with van der Waals surface area (Å²) < 4.78 is 0. The maximum absolute atomic E-state index is 4.69. The van der Waals surface area contributed by atoms with E-state index in [9.17, 15) is 0 Å². The highest BCUT2D eigenvalue weighted by Crippen LogP contribution is 2.28. The summed E-state index contributed by atoms with van der Waals surface area (Å²) in [5, 5.41) is 4.39. The maximum atomic E-state index is 4.69. The molecule has 0 saturated heterocycles. The highest BCUT2D eigenvalue weighted by Gasteiger charge is 2.12. The van der Waals surface area contributed by atoms with E-state index in [0.29, 0.717) is 0 Å². The van der Waals surface area contributed by atoms with Crippen LogP contribution in [-0.2, 0) is 6.42 Å². The third-order valence-corrected chi connectivity index (χ3v) is 4.59. The van der Waals surface area contributed by atoms with Crippen LogP contribution in [-0.4, -0.2) is 9.97 Å². The maximum Gasteiger partial charge on any atom is 0.0897 e. The smallest absolute Gasteiger partial charge is 0.0897 e. The number of hydrogen-bond acceptors (Lipinski definition) is 3. The molecule has 0 fully saturated rings. The summed E-state index contributed by atoms with van der Waals surface area (Å²) in [5.41, 5.74) is 3.23. The topological polar surface area (TPSA) is 25.8 Å². The molecular weight excluding hydrogens is 320 g/mol. The third-order valence-electron chi connectivity index (χ3n) is 3.00. The fourth-order valence-corrected chi connectivity index (χ4v) is 3.44. The minimum atomic E-state index is 0.228. The molecule has 0 aliphatic heterocycles. The second-order valence-electron chi connectivity index (χ2n) is 4.46. The predicted octanol–water partition coefficient (Wildman–Crippen LogP) is 4.68. The molecule has 0 aliphatic carbocycles. The number of fused-ring (bicyclic) bond motifs is 1. The van der Waals surface area contributed by atoms with E-state index in [1.165, 1.54) is 5.39 Å². The Morgan fingerprint density at radius 3 is 2.79 bits per heavy atom. The number of aryl methyl sites for hydroxylation is 1. The number of rotatable bonds is 3. The largest absolute Gasteiger partial charge is 0.253 e. The Morgan fingerprint density at radius 2 is 2.00 bits per heavy atom. The molecule has 1 atom stereocenters. The van der Waals surface area contributed by atoms with Crippen LogP contribution in [0.2, 0.25) is 0 Å². The Balaban J connectivity index is 1.84. The highest BCUT2D eigenvalue weighted by molar-refractivity contribution is 9.09. The summed E-state index contributed by atoms with van der Waals surface area (Å²) in [6.07, 6.45) is 0.855. The van der Waals surface area contributed by atoms with Gasteiger partial charge in [0.15, 0.2) is 0 Å². The monoisotopic (exact) mass is 332 g/mol. The molecule has 0 spiro atoms. The zero-order chi connectivity index (χ0) is 13.2. The Morgan fingerprint density at radius 1 is 1.16 bits per heavy atom. The molecule has 2 aromatic heterocycles. The molecule has 0 saturated carbocycles. The number of nitrogens with zero attached hydrogens (tertiary/aromatic N) is 2. The van der Waals surface area contributed by atoms with Crippen molar-refractivity contribution < 1.29 is 0 Å². The van der Waals surface area contributed by atoms with Crippen molar-refractivity contribution in [2.45, 2.75) is 18.2 Å². The minimum absolute atomic E-state index is 0.228. The van der Waals surface area contributed by atoms with Crippen LogP contribution in [0, 0.1) is 6.92 Å². The number of alkyl halides is 1. The molecule has 0 amide bonds. The van der Waals surface area contributed by atoms with Crippen LogP contribution >= 0.6 is 27.3 Å². The zero-order valence-corrected chi connectivity index (χ0v) is 12.9. The van der Waals surface area contributed by atoms with Gasteiger partial charge in [-0.15, -0.1) is 11.3 Å². The van der Waals surface area contributed by atoms with Crippen LogP contribution in [0.25, 0.3) is 10.9 Å². The molecule has 2 heterocycles. The normalized spacial score (nSPS) is 12.7. The molecule has 4 heteroatoms. The molecule has 19 heavy (non-hydrogen) atoms. The van der Waals surface area contributed by atoms with E-state index >= 15 is 0 Å². The van der Waals surface area contributed by atoms with Crippen molar-refractivity contribution in [3.05, 3.63) is 58.2 Å². The summed E-state index contributed by atoms with van der Waals surface area (Å²) in [6.45, 7) is 2.03. The Hall–Kier alpha value is -1.26. The van der Waals surface area contributed by atoms with Crippen molar-refractivity contribution in [3.8, 4) is 0 Å². The van der Waals surface area contributed by atoms with Gasteiger partial charge in [-0.25, -0.2) is 4.98 Å². The minimum Gasteiger partial charge on any atom is -0.253 e. The van der Waals surface area contributed by atoms with E-state index in [0.717, 1.165) is 28.3 Å². The Labute approximate surface area is 124 Å². The van der Waals surface area contributed by atoms with Gasteiger partial charge in [-0.1, -0.05) is 40.2 Å². The summed E-state index contributed by atoms with van der Waals surface area (Å²) >= 11 is 5.39. The van der Waals surface area contributed by atoms with Gasteiger partial charge in [-0.05, 0) is 19.1 Å². The second-order valence-corrected chi connectivity index (χ2v) is 6.63. The number of thiazole rings is 1. The SMILES string of the molecule is Cc1nc(C(Br)Cc2ccc3ccccc3n2)cs1. The number of benzene rings is 1. The van der Waals surface area contributed by atoms with Gasteiger partial charge in [0.1, 0.15) is 0 Å². The summed E-state index contributed by atoms with van der Waals surface area (Å²) in [6, 6.07) is 12.4. The van der Waals surface area contributed by atoms with Gasteiger partial charge in [0.05, 0.1) is 21.0 Å². The zero-order valence-electron chi connectivity index (χ0n) is 10.5. The van der Waals surface area contributed by atoms with Crippen LogP contribution in [0.3, 0.4) is 0 Å². The first-order chi connectivity index (χ1) is 9.22. The van der Waals surface area contributed by atoms with Crippen molar-refractivity contribution >= 4 is 38.2 Å². The van der Waals surface area contributed by atoms with Crippen LogP contribution in [0.4, 0.5) is 0 Å². The van der Waals surface area contributed by atoms with Gasteiger partial charge >= 0.3 is 0 Å². The average molecular weight is 333 g/mol. The summed E-state index contributed by atoms with van der Waals surface area (Å²) in [5.74, 6) is 0. The first-order valence-electron chi connectivity index (χ1n) is 6.13. The van der Waals surface area contributed by atoms with Crippen LogP contribution in [0.1, 0.15) is 21.2 Å². The lowest BCUT2D eigenvalue weighted by Gasteiger charge is -2.07. The second kappa shape index (κ2) is 5.39. The van der Waals surface area contributed by atoms with E-state index in [4.69, 9.17) is 4.98 Å². The number of pyridine rings is 1. The van der Waals surface area contributed by atoms with Crippen LogP contribution in [0.5, 0.6) is 0 Å². The van der Waals surface area contributed by atoms with Gasteiger partial charge in [0.2, 0.25) is 0 Å². The van der Waals surface area contributed by atoms with Crippen LogP contribution < -0.4 is 0 Å². The fraction of sp³-hybridized carbons (Fsp3) is 0.200. The lowest BCUT2D eigenvalue weighted by Crippen LogP contribution is -1.98. The fourth-order valence-electron chi connectivity index (χ4n) is 2.03. The van der Waals surface area contributed by atoms with Gasteiger partial charge in [-0.2, -0.15) is 0 Å². The van der Waals surface area contributed by atoms with Gasteiger partial charge in [0, 0.05) is 22.9 Å². The molecule has 0 bridgehead atoms. The van der Waals surface area contributed by atoms with Crippen molar-refractivity contribution in [2.24, 2.45) is 0 Å². The first kappa shape index (κ1) is 12.8. The predicted molar refractivity (Wildman–Crippen MR) is 84.0 cm³/mol. The number of para-hydroxylation sites is 1. The molecule has 2 nitrogen and oxygen atoms in total. The van der Waals surface area contributed by atoms with Crippen molar-refractivity contribution in [1.82, 2.24) is 9.97 Å². The molecule has 1 aromatic carbocycles. The number of hydrogen-bond donors (Lipinski definition) is 0. The standard InChI is InChI=1S/C15H13BrN2S/c1-10-17-15(9-19-10)13(16)8-12-7-6-11-4-2-3-5-14(11)18-12/h2-7,9,13H,8H2,1H3. The van der Waals surface area contributed by atoms with Crippen molar-refractivity contribution in [1.29, 1.82) is 0 Å². The van der Waals surface area contributed by atoms with Gasteiger partial charge in [0.25, 0.3) is 0 Å². The third kappa shape index (κ3) is 2.85. The number of aromatic nitrogens is 2. The molecule has 3 aromatic rings. The summed E-state index contributed by atoms with van der Waals surface area (Å²) in [7, 11) is 0. The van der Waals surface area contributed by atoms with E-state index in [-0.39, 0.29) is 4.83 Å². The van der Waals surface area contributed by atoms with E-state index < -0.39 is 0 Å².